The number of anilines is 2. The quantitative estimate of drug-likeness (QED) is 0.0879. The fraction of sp³-hybridized carbons (Fsp3) is 0.0625. The second kappa shape index (κ2) is 15.5. The van der Waals surface area contributed by atoms with Gasteiger partial charge in [0.25, 0.3) is 11.8 Å². The highest BCUT2D eigenvalue weighted by molar-refractivity contribution is 6.38. The van der Waals surface area contributed by atoms with Crippen LogP contribution in [0.4, 0.5) is 11.4 Å². The molecule has 0 atom stereocenters. The Hall–Kier alpha value is -4.74. The van der Waals surface area contributed by atoms with Gasteiger partial charge in [0.15, 0.2) is 0 Å². The minimum atomic E-state index is -1.06. The van der Waals surface area contributed by atoms with Gasteiger partial charge in [-0.05, 0) is 85.6 Å². The number of hydrazone groups is 2. The van der Waals surface area contributed by atoms with Crippen molar-refractivity contribution >= 4 is 92.8 Å². The zero-order chi connectivity index (χ0) is 33.4. The molecule has 0 radical (unpaired) electrons. The van der Waals surface area contributed by atoms with Gasteiger partial charge in [-0.3, -0.25) is 19.2 Å². The molecule has 4 aromatic rings. The van der Waals surface area contributed by atoms with Gasteiger partial charge in [0, 0.05) is 21.4 Å². The van der Waals surface area contributed by atoms with Crippen molar-refractivity contribution in [3.05, 3.63) is 127 Å². The van der Waals surface area contributed by atoms with Crippen LogP contribution in [0.1, 0.15) is 45.7 Å². The van der Waals surface area contributed by atoms with Gasteiger partial charge >= 0.3 is 11.8 Å². The molecule has 4 amide bonds. The Morgan fingerprint density at radius 3 is 1.30 bits per heavy atom. The summed E-state index contributed by atoms with van der Waals surface area (Å²) >= 11 is 24.0. The zero-order valence-corrected chi connectivity index (χ0v) is 27.1. The standard InChI is InChI=1S/C32H24Cl4N6O4/c1-17(19-5-3-7-23(13-19)37-29(43)25-11-9-21(33)15-27(25)35)39-41-31(45)32(46)42-40-18(2)20-6-4-8-24(14-20)38-30(44)26-12-10-22(34)16-28(26)36/h3-16H,1-2H3,(H,37,43)(H,38,44)(H,41,45)(H,42,46). The van der Waals surface area contributed by atoms with Crippen LogP contribution >= 0.6 is 46.4 Å². The van der Waals surface area contributed by atoms with Crippen LogP contribution in [0, 0.1) is 0 Å². The van der Waals surface area contributed by atoms with Crippen LogP contribution < -0.4 is 21.5 Å². The Balaban J connectivity index is 1.34. The normalized spacial score (nSPS) is 11.4. The average molecular weight is 698 g/mol. The van der Waals surface area contributed by atoms with Crippen LogP contribution in [0.2, 0.25) is 20.1 Å². The first-order valence-electron chi connectivity index (χ1n) is 13.3. The van der Waals surface area contributed by atoms with Crippen LogP contribution in [-0.4, -0.2) is 35.1 Å². The number of carbonyl (C=O) groups excluding carboxylic acids is 4. The van der Waals surface area contributed by atoms with Gasteiger partial charge in [-0.25, -0.2) is 10.9 Å². The first kappa shape index (κ1) is 34.1. The lowest BCUT2D eigenvalue weighted by Gasteiger charge is -2.09. The number of carbonyl (C=O) groups is 4. The highest BCUT2D eigenvalue weighted by Gasteiger charge is 2.15. The Morgan fingerprint density at radius 2 is 0.935 bits per heavy atom. The number of hydrogen-bond acceptors (Lipinski definition) is 6. The topological polar surface area (TPSA) is 141 Å². The molecule has 0 heterocycles. The Labute approximate surface area is 283 Å². The molecule has 0 saturated heterocycles. The zero-order valence-electron chi connectivity index (χ0n) is 24.1. The van der Waals surface area contributed by atoms with Crippen molar-refractivity contribution < 1.29 is 19.2 Å². The van der Waals surface area contributed by atoms with Gasteiger partial charge in [-0.1, -0.05) is 70.7 Å². The molecule has 0 aliphatic heterocycles. The predicted molar refractivity (Wildman–Crippen MR) is 182 cm³/mol. The van der Waals surface area contributed by atoms with E-state index in [0.717, 1.165) is 0 Å². The number of rotatable bonds is 8. The fourth-order valence-electron chi connectivity index (χ4n) is 3.89. The number of benzene rings is 4. The SMILES string of the molecule is CC(=NNC(=O)C(=O)NN=C(C)c1cccc(NC(=O)c2ccc(Cl)cc2Cl)c1)c1cccc(NC(=O)c2ccc(Cl)cc2Cl)c1. The molecule has 0 aliphatic carbocycles. The second-order valence-electron chi connectivity index (χ2n) is 9.59. The molecule has 0 unspecified atom stereocenters. The van der Waals surface area contributed by atoms with E-state index >= 15 is 0 Å². The fourth-order valence-corrected chi connectivity index (χ4v) is 4.88. The molecule has 10 nitrogen and oxygen atoms in total. The number of halogens is 4. The summed E-state index contributed by atoms with van der Waals surface area (Å²) in [4.78, 5) is 50.0. The highest BCUT2D eigenvalue weighted by atomic mass is 35.5. The van der Waals surface area contributed by atoms with E-state index in [0.29, 0.717) is 44.0 Å². The predicted octanol–water partition coefficient (Wildman–Crippen LogP) is 7.19. The van der Waals surface area contributed by atoms with E-state index in [4.69, 9.17) is 46.4 Å². The average Bonchev–Trinajstić information content (AvgIpc) is 3.02. The number of nitrogens with one attached hydrogen (secondary N) is 4. The van der Waals surface area contributed by atoms with Crippen LogP contribution in [-0.2, 0) is 9.59 Å². The third kappa shape index (κ3) is 9.15. The molecule has 0 bridgehead atoms. The van der Waals surface area contributed by atoms with E-state index in [1.165, 1.54) is 24.3 Å². The smallest absolute Gasteiger partial charge is 0.322 e. The lowest BCUT2D eigenvalue weighted by atomic mass is 10.1. The summed E-state index contributed by atoms with van der Waals surface area (Å²) in [6.45, 7) is 3.23. The molecular weight excluding hydrogens is 674 g/mol. The monoisotopic (exact) mass is 696 g/mol. The van der Waals surface area contributed by atoms with Gasteiger partial charge in [0.05, 0.1) is 32.6 Å². The van der Waals surface area contributed by atoms with E-state index < -0.39 is 23.6 Å². The van der Waals surface area contributed by atoms with Gasteiger partial charge in [-0.2, -0.15) is 10.2 Å². The number of nitrogens with zero attached hydrogens (tertiary/aromatic N) is 2. The van der Waals surface area contributed by atoms with E-state index in [9.17, 15) is 19.2 Å². The van der Waals surface area contributed by atoms with Crippen LogP contribution in [0.15, 0.2) is 95.1 Å². The maximum atomic E-state index is 12.6. The molecule has 0 aliphatic rings. The lowest BCUT2D eigenvalue weighted by molar-refractivity contribution is -0.139. The first-order chi connectivity index (χ1) is 21.9. The van der Waals surface area contributed by atoms with E-state index in [1.807, 2.05) is 0 Å². The van der Waals surface area contributed by atoms with Gasteiger partial charge in [0.1, 0.15) is 0 Å². The largest absolute Gasteiger partial charge is 0.331 e. The van der Waals surface area contributed by atoms with Crippen LogP contribution in [0.3, 0.4) is 0 Å². The third-order valence-electron chi connectivity index (χ3n) is 6.28. The molecular formula is C32H24Cl4N6O4. The molecule has 0 fully saturated rings. The Kier molecular flexibility index (Phi) is 11.5. The van der Waals surface area contributed by atoms with E-state index in [-0.39, 0.29) is 21.2 Å². The molecule has 46 heavy (non-hydrogen) atoms. The lowest BCUT2D eigenvalue weighted by Crippen LogP contribution is -2.36. The van der Waals surface area contributed by atoms with Gasteiger partial charge < -0.3 is 10.6 Å². The van der Waals surface area contributed by atoms with Crippen molar-refractivity contribution in [2.24, 2.45) is 10.2 Å². The maximum absolute atomic E-state index is 12.6. The maximum Gasteiger partial charge on any atom is 0.331 e. The molecule has 4 aromatic carbocycles. The molecule has 4 N–H and O–H groups in total. The van der Waals surface area contributed by atoms with Crippen LogP contribution in [0.5, 0.6) is 0 Å². The van der Waals surface area contributed by atoms with E-state index in [1.54, 1.807) is 74.5 Å². The third-order valence-corrected chi connectivity index (χ3v) is 7.38. The number of amides is 4. The number of hydrogen-bond donors (Lipinski definition) is 4. The first-order valence-corrected chi connectivity index (χ1v) is 14.8. The summed E-state index contributed by atoms with van der Waals surface area (Å²) in [5.41, 5.74) is 7.62. The Bertz CT molecular complexity index is 1770. The molecule has 14 heteroatoms. The van der Waals surface area contributed by atoms with Crippen molar-refractivity contribution in [2.45, 2.75) is 13.8 Å². The summed E-state index contributed by atoms with van der Waals surface area (Å²) in [5, 5.41) is 14.7. The summed E-state index contributed by atoms with van der Waals surface area (Å²) in [6.07, 6.45) is 0. The van der Waals surface area contributed by atoms with Crippen molar-refractivity contribution in [3.8, 4) is 0 Å². The Morgan fingerprint density at radius 1 is 0.543 bits per heavy atom. The molecule has 4 rings (SSSR count). The van der Waals surface area contributed by atoms with Gasteiger partial charge in [0.2, 0.25) is 0 Å². The van der Waals surface area contributed by atoms with E-state index in [2.05, 4.69) is 31.7 Å². The summed E-state index contributed by atoms with van der Waals surface area (Å²) in [5.74, 6) is -2.99. The summed E-state index contributed by atoms with van der Waals surface area (Å²) in [7, 11) is 0. The second-order valence-corrected chi connectivity index (χ2v) is 11.3. The molecule has 234 valence electrons. The van der Waals surface area contributed by atoms with Crippen LogP contribution in [0.25, 0.3) is 0 Å². The summed E-state index contributed by atoms with van der Waals surface area (Å²) in [6, 6.07) is 22.5. The minimum absolute atomic E-state index is 0.206. The highest BCUT2D eigenvalue weighted by Crippen LogP contribution is 2.24. The molecule has 0 aromatic heterocycles. The van der Waals surface area contributed by atoms with Crippen molar-refractivity contribution in [3.63, 3.8) is 0 Å². The molecule has 0 saturated carbocycles. The summed E-state index contributed by atoms with van der Waals surface area (Å²) < 4.78 is 0. The van der Waals surface area contributed by atoms with Gasteiger partial charge in [-0.15, -0.1) is 0 Å². The van der Waals surface area contributed by atoms with Crippen molar-refractivity contribution in [2.75, 3.05) is 10.6 Å². The van der Waals surface area contributed by atoms with Crippen molar-refractivity contribution in [1.29, 1.82) is 0 Å². The minimum Gasteiger partial charge on any atom is -0.322 e. The van der Waals surface area contributed by atoms with Crippen molar-refractivity contribution in [1.82, 2.24) is 10.9 Å². The molecule has 0 spiro atoms.